The van der Waals surface area contributed by atoms with E-state index in [9.17, 15) is 0 Å². The third kappa shape index (κ3) is 3.43. The number of piperidine rings is 1. The van der Waals surface area contributed by atoms with Crippen molar-refractivity contribution < 1.29 is 4.74 Å². The number of hydrogen-bond acceptors (Lipinski definition) is 3. The molecule has 2 saturated heterocycles. The van der Waals surface area contributed by atoms with Crippen LogP contribution in [0.25, 0.3) is 0 Å². The van der Waals surface area contributed by atoms with Gasteiger partial charge in [-0.15, -0.1) is 0 Å². The van der Waals surface area contributed by atoms with E-state index in [0.717, 1.165) is 31.9 Å². The molecule has 100 valence electrons. The summed E-state index contributed by atoms with van der Waals surface area (Å²) in [4.78, 5) is 2.57. The SMILES string of the molecule is CC(C)CN1CCC2(CC1)NCC(C)(C)CO2. The van der Waals surface area contributed by atoms with E-state index in [1.165, 1.54) is 19.6 Å². The summed E-state index contributed by atoms with van der Waals surface area (Å²) in [5, 5.41) is 3.65. The molecule has 2 aliphatic rings. The third-order valence-corrected chi connectivity index (χ3v) is 3.92. The zero-order valence-electron chi connectivity index (χ0n) is 11.9. The second kappa shape index (κ2) is 4.87. The highest BCUT2D eigenvalue weighted by Gasteiger charge is 2.41. The number of nitrogens with one attached hydrogen (secondary N) is 1. The van der Waals surface area contributed by atoms with Crippen LogP contribution in [0.15, 0.2) is 0 Å². The molecule has 2 fully saturated rings. The number of likely N-dealkylation sites (tertiary alicyclic amines) is 1. The average molecular weight is 240 g/mol. The summed E-state index contributed by atoms with van der Waals surface area (Å²) >= 11 is 0. The monoisotopic (exact) mass is 240 g/mol. The number of ether oxygens (including phenoxy) is 1. The van der Waals surface area contributed by atoms with Crippen LogP contribution in [0.4, 0.5) is 0 Å². The lowest BCUT2D eigenvalue weighted by Crippen LogP contribution is -2.61. The fourth-order valence-electron chi connectivity index (χ4n) is 2.77. The van der Waals surface area contributed by atoms with Gasteiger partial charge in [-0.05, 0) is 5.92 Å². The molecular formula is C14H28N2O. The normalized spacial score (nSPS) is 28.8. The molecule has 3 heteroatoms. The Hall–Kier alpha value is -0.120. The van der Waals surface area contributed by atoms with E-state index in [4.69, 9.17) is 4.74 Å². The van der Waals surface area contributed by atoms with Crippen LogP contribution < -0.4 is 5.32 Å². The molecule has 0 radical (unpaired) electrons. The first kappa shape index (κ1) is 13.3. The molecule has 0 aromatic rings. The first-order valence-electron chi connectivity index (χ1n) is 7.02. The van der Waals surface area contributed by atoms with Crippen molar-refractivity contribution in [2.75, 3.05) is 32.8 Å². The van der Waals surface area contributed by atoms with Gasteiger partial charge < -0.3 is 9.64 Å². The summed E-state index contributed by atoms with van der Waals surface area (Å²) in [5.74, 6) is 0.767. The Bertz CT molecular complexity index is 243. The minimum Gasteiger partial charge on any atom is -0.360 e. The summed E-state index contributed by atoms with van der Waals surface area (Å²) in [6, 6.07) is 0. The fraction of sp³-hybridized carbons (Fsp3) is 1.00. The Balaban J connectivity index is 1.82. The number of hydrogen-bond donors (Lipinski definition) is 1. The molecule has 2 heterocycles. The van der Waals surface area contributed by atoms with E-state index in [1.54, 1.807) is 0 Å². The maximum Gasteiger partial charge on any atom is 0.121 e. The predicted molar refractivity (Wildman–Crippen MR) is 71.0 cm³/mol. The first-order chi connectivity index (χ1) is 7.91. The van der Waals surface area contributed by atoms with Crippen LogP contribution in [-0.2, 0) is 4.74 Å². The largest absolute Gasteiger partial charge is 0.360 e. The van der Waals surface area contributed by atoms with Gasteiger partial charge >= 0.3 is 0 Å². The van der Waals surface area contributed by atoms with Crippen molar-refractivity contribution in [2.45, 2.75) is 46.3 Å². The predicted octanol–water partition coefficient (Wildman–Crippen LogP) is 2.08. The summed E-state index contributed by atoms with van der Waals surface area (Å²) in [5.41, 5.74) is 0.281. The van der Waals surface area contributed by atoms with Gasteiger partial charge in [0.15, 0.2) is 0 Å². The molecule has 0 bridgehead atoms. The molecule has 0 aromatic heterocycles. The maximum atomic E-state index is 6.14. The minimum atomic E-state index is -0.0109. The van der Waals surface area contributed by atoms with Gasteiger partial charge in [-0.2, -0.15) is 0 Å². The lowest BCUT2D eigenvalue weighted by atomic mass is 9.89. The van der Waals surface area contributed by atoms with Crippen molar-refractivity contribution >= 4 is 0 Å². The molecule has 1 spiro atoms. The van der Waals surface area contributed by atoms with E-state index in [-0.39, 0.29) is 5.72 Å². The highest BCUT2D eigenvalue weighted by molar-refractivity contribution is 4.91. The van der Waals surface area contributed by atoms with Gasteiger partial charge in [0.25, 0.3) is 0 Å². The Kier molecular flexibility index (Phi) is 3.81. The van der Waals surface area contributed by atoms with Crippen molar-refractivity contribution in [3.63, 3.8) is 0 Å². The van der Waals surface area contributed by atoms with E-state index < -0.39 is 0 Å². The second-order valence-corrected chi connectivity index (χ2v) is 7.00. The molecule has 0 atom stereocenters. The van der Waals surface area contributed by atoms with Gasteiger partial charge in [0.2, 0.25) is 0 Å². The molecule has 1 N–H and O–H groups in total. The van der Waals surface area contributed by atoms with Gasteiger partial charge in [0.1, 0.15) is 5.72 Å². The van der Waals surface area contributed by atoms with Crippen molar-refractivity contribution in [2.24, 2.45) is 11.3 Å². The van der Waals surface area contributed by atoms with Gasteiger partial charge in [0.05, 0.1) is 6.61 Å². The second-order valence-electron chi connectivity index (χ2n) is 7.00. The average Bonchev–Trinajstić information content (AvgIpc) is 2.26. The van der Waals surface area contributed by atoms with Crippen molar-refractivity contribution in [3.8, 4) is 0 Å². The van der Waals surface area contributed by atoms with Gasteiger partial charge in [-0.3, -0.25) is 5.32 Å². The number of rotatable bonds is 2. The van der Waals surface area contributed by atoms with E-state index in [1.807, 2.05) is 0 Å². The number of nitrogens with zero attached hydrogens (tertiary/aromatic N) is 1. The van der Waals surface area contributed by atoms with Crippen LogP contribution in [0.5, 0.6) is 0 Å². The zero-order valence-corrected chi connectivity index (χ0v) is 11.9. The van der Waals surface area contributed by atoms with Crippen molar-refractivity contribution in [1.82, 2.24) is 10.2 Å². The Morgan fingerprint density at radius 1 is 1.24 bits per heavy atom. The molecule has 0 amide bonds. The molecule has 2 aliphatic heterocycles. The molecular weight excluding hydrogens is 212 g/mol. The molecule has 0 unspecified atom stereocenters. The third-order valence-electron chi connectivity index (χ3n) is 3.92. The maximum absolute atomic E-state index is 6.14. The van der Waals surface area contributed by atoms with E-state index in [2.05, 4.69) is 37.9 Å². The lowest BCUT2D eigenvalue weighted by Gasteiger charge is -2.48. The quantitative estimate of drug-likeness (QED) is 0.800. The molecule has 0 aliphatic carbocycles. The summed E-state index contributed by atoms with van der Waals surface area (Å²) < 4.78 is 6.14. The fourth-order valence-corrected chi connectivity index (χ4v) is 2.77. The highest BCUT2D eigenvalue weighted by Crippen LogP contribution is 2.31. The molecule has 17 heavy (non-hydrogen) atoms. The zero-order chi connectivity index (χ0) is 12.5. The van der Waals surface area contributed by atoms with Crippen LogP contribution >= 0.6 is 0 Å². The van der Waals surface area contributed by atoms with Crippen LogP contribution in [-0.4, -0.2) is 43.4 Å². The van der Waals surface area contributed by atoms with Gasteiger partial charge in [-0.25, -0.2) is 0 Å². The topological polar surface area (TPSA) is 24.5 Å². The van der Waals surface area contributed by atoms with Gasteiger partial charge in [0, 0.05) is 44.4 Å². The van der Waals surface area contributed by atoms with E-state index in [0.29, 0.717) is 5.41 Å². The van der Waals surface area contributed by atoms with E-state index >= 15 is 0 Å². The Morgan fingerprint density at radius 2 is 1.88 bits per heavy atom. The summed E-state index contributed by atoms with van der Waals surface area (Å²) in [7, 11) is 0. The minimum absolute atomic E-state index is 0.0109. The molecule has 3 nitrogen and oxygen atoms in total. The molecule has 0 aromatic carbocycles. The highest BCUT2D eigenvalue weighted by atomic mass is 16.5. The van der Waals surface area contributed by atoms with Crippen LogP contribution in [0.1, 0.15) is 40.5 Å². The van der Waals surface area contributed by atoms with Crippen molar-refractivity contribution in [3.05, 3.63) is 0 Å². The molecule has 2 rings (SSSR count). The summed E-state index contributed by atoms with van der Waals surface area (Å²) in [6.07, 6.45) is 2.27. The standard InChI is InChI=1S/C14H28N2O/c1-12(2)9-16-7-5-14(6-8-16)15-10-13(3,4)11-17-14/h12,15H,5-11H2,1-4H3. The van der Waals surface area contributed by atoms with Crippen LogP contribution in [0.3, 0.4) is 0 Å². The van der Waals surface area contributed by atoms with Crippen molar-refractivity contribution in [1.29, 1.82) is 0 Å². The Labute approximate surface area is 106 Å². The smallest absolute Gasteiger partial charge is 0.121 e. The van der Waals surface area contributed by atoms with Gasteiger partial charge in [-0.1, -0.05) is 27.7 Å². The lowest BCUT2D eigenvalue weighted by molar-refractivity contribution is -0.161. The van der Waals surface area contributed by atoms with Crippen LogP contribution in [0, 0.1) is 11.3 Å². The summed E-state index contributed by atoms with van der Waals surface area (Å²) in [6.45, 7) is 14.7. The van der Waals surface area contributed by atoms with Crippen LogP contribution in [0.2, 0.25) is 0 Å². The first-order valence-corrected chi connectivity index (χ1v) is 7.02. The molecule has 0 saturated carbocycles. The Morgan fingerprint density at radius 3 is 2.35 bits per heavy atom.